The molecule has 1 fully saturated rings. The SMILES string of the molecule is O=C(CN1C[C@H](O)C[C@H]1c1cccc(C(F)(F)F)c1)NCc1cccs1. The molecule has 4 nitrogen and oxygen atoms in total. The predicted molar refractivity (Wildman–Crippen MR) is 92.5 cm³/mol. The summed E-state index contributed by atoms with van der Waals surface area (Å²) in [5, 5.41) is 14.7. The van der Waals surface area contributed by atoms with E-state index in [4.69, 9.17) is 0 Å². The number of aliphatic hydroxyl groups is 1. The van der Waals surface area contributed by atoms with E-state index in [1.165, 1.54) is 17.4 Å². The molecule has 1 aromatic carbocycles. The molecule has 0 aliphatic carbocycles. The van der Waals surface area contributed by atoms with Crippen LogP contribution in [0, 0.1) is 0 Å². The number of hydrogen-bond donors (Lipinski definition) is 2. The number of likely N-dealkylation sites (tertiary alicyclic amines) is 1. The molecule has 1 saturated heterocycles. The van der Waals surface area contributed by atoms with Crippen molar-refractivity contribution in [1.82, 2.24) is 10.2 Å². The minimum absolute atomic E-state index is 0.0311. The Morgan fingerprint density at radius 2 is 2.12 bits per heavy atom. The first-order valence-corrected chi connectivity index (χ1v) is 9.09. The van der Waals surface area contributed by atoms with Crippen molar-refractivity contribution in [3.8, 4) is 0 Å². The second kappa shape index (κ2) is 7.77. The topological polar surface area (TPSA) is 52.6 Å². The summed E-state index contributed by atoms with van der Waals surface area (Å²) in [6.07, 6.45) is -4.78. The number of nitrogens with zero attached hydrogens (tertiary/aromatic N) is 1. The quantitative estimate of drug-likeness (QED) is 0.833. The average molecular weight is 384 g/mol. The van der Waals surface area contributed by atoms with Gasteiger partial charge < -0.3 is 10.4 Å². The second-order valence-corrected chi connectivity index (χ2v) is 7.35. The van der Waals surface area contributed by atoms with Crippen LogP contribution in [0.1, 0.15) is 28.5 Å². The Balaban J connectivity index is 1.67. The lowest BCUT2D eigenvalue weighted by molar-refractivity contribution is -0.137. The Labute approximate surface area is 153 Å². The highest BCUT2D eigenvalue weighted by molar-refractivity contribution is 7.09. The number of hydrogen-bond acceptors (Lipinski definition) is 4. The molecule has 1 amide bonds. The second-order valence-electron chi connectivity index (χ2n) is 6.31. The number of β-amino-alcohol motifs (C(OH)–C–C–N with tert-alkyl or cyclic N) is 1. The number of amides is 1. The van der Waals surface area contributed by atoms with E-state index in [0.29, 0.717) is 18.5 Å². The number of nitrogens with one attached hydrogen (secondary N) is 1. The van der Waals surface area contributed by atoms with Crippen LogP contribution in [0.4, 0.5) is 13.2 Å². The Morgan fingerprint density at radius 3 is 2.81 bits per heavy atom. The van der Waals surface area contributed by atoms with Gasteiger partial charge in [0.05, 0.1) is 24.8 Å². The van der Waals surface area contributed by atoms with Gasteiger partial charge in [-0.2, -0.15) is 13.2 Å². The monoisotopic (exact) mass is 384 g/mol. The minimum atomic E-state index is -4.42. The average Bonchev–Trinajstić information content (AvgIpc) is 3.22. The first-order valence-electron chi connectivity index (χ1n) is 8.21. The van der Waals surface area contributed by atoms with E-state index in [9.17, 15) is 23.1 Å². The lowest BCUT2D eigenvalue weighted by Crippen LogP contribution is -2.37. The Hall–Kier alpha value is -1.90. The highest BCUT2D eigenvalue weighted by Gasteiger charge is 2.35. The number of alkyl halides is 3. The summed E-state index contributed by atoms with van der Waals surface area (Å²) in [6, 6.07) is 8.47. The normalized spacial score (nSPS) is 21.1. The van der Waals surface area contributed by atoms with Crippen molar-refractivity contribution in [3.63, 3.8) is 0 Å². The molecule has 1 aliphatic heterocycles. The van der Waals surface area contributed by atoms with Crippen molar-refractivity contribution in [2.45, 2.75) is 31.3 Å². The highest BCUT2D eigenvalue weighted by Crippen LogP contribution is 2.35. The van der Waals surface area contributed by atoms with E-state index in [1.807, 2.05) is 17.5 Å². The molecular weight excluding hydrogens is 365 g/mol. The maximum absolute atomic E-state index is 12.9. The van der Waals surface area contributed by atoms with Gasteiger partial charge in [0, 0.05) is 17.5 Å². The lowest BCUT2D eigenvalue weighted by Gasteiger charge is -2.24. The van der Waals surface area contributed by atoms with Gasteiger partial charge in [0.2, 0.25) is 5.91 Å². The number of benzene rings is 1. The summed E-state index contributed by atoms with van der Waals surface area (Å²) >= 11 is 1.53. The molecule has 2 N–H and O–H groups in total. The van der Waals surface area contributed by atoms with Crippen molar-refractivity contribution in [1.29, 1.82) is 0 Å². The molecule has 1 aromatic heterocycles. The highest BCUT2D eigenvalue weighted by atomic mass is 32.1. The Kier molecular flexibility index (Phi) is 5.64. The van der Waals surface area contributed by atoms with Crippen LogP contribution in [0.25, 0.3) is 0 Å². The van der Waals surface area contributed by atoms with Crippen molar-refractivity contribution in [2.75, 3.05) is 13.1 Å². The zero-order valence-electron chi connectivity index (χ0n) is 13.9. The number of carbonyl (C=O) groups is 1. The van der Waals surface area contributed by atoms with Gasteiger partial charge >= 0.3 is 6.18 Å². The number of rotatable bonds is 5. The molecule has 2 atom stereocenters. The molecular formula is C18H19F3N2O2S. The molecule has 3 rings (SSSR count). The molecule has 8 heteroatoms. The van der Waals surface area contributed by atoms with Gasteiger partial charge in [0.1, 0.15) is 0 Å². The third kappa shape index (κ3) is 4.63. The summed E-state index contributed by atoms with van der Waals surface area (Å²) in [5.74, 6) is -0.218. The van der Waals surface area contributed by atoms with Crippen LogP contribution < -0.4 is 5.32 Å². The predicted octanol–water partition coefficient (Wildman–Crippen LogP) is 3.19. The van der Waals surface area contributed by atoms with E-state index in [2.05, 4.69) is 5.32 Å². The van der Waals surface area contributed by atoms with Crippen LogP contribution in [0.15, 0.2) is 41.8 Å². The van der Waals surface area contributed by atoms with Crippen LogP contribution in [0.5, 0.6) is 0 Å². The minimum Gasteiger partial charge on any atom is -0.392 e. The molecule has 0 saturated carbocycles. The zero-order chi connectivity index (χ0) is 18.7. The maximum Gasteiger partial charge on any atom is 0.416 e. The van der Waals surface area contributed by atoms with Crippen molar-refractivity contribution < 1.29 is 23.1 Å². The van der Waals surface area contributed by atoms with Crippen LogP contribution in [0.2, 0.25) is 0 Å². The molecule has 0 radical (unpaired) electrons. The first-order chi connectivity index (χ1) is 12.3. The summed E-state index contributed by atoms with van der Waals surface area (Å²) in [4.78, 5) is 14.9. The molecule has 26 heavy (non-hydrogen) atoms. The summed E-state index contributed by atoms with van der Waals surface area (Å²) in [5.41, 5.74) is -0.263. The van der Waals surface area contributed by atoms with Gasteiger partial charge in [-0.1, -0.05) is 18.2 Å². The van der Waals surface area contributed by atoms with Crippen molar-refractivity contribution in [3.05, 3.63) is 57.8 Å². The molecule has 0 spiro atoms. The van der Waals surface area contributed by atoms with E-state index in [-0.39, 0.29) is 19.0 Å². The number of halogens is 3. The molecule has 140 valence electrons. The Bertz CT molecular complexity index is 749. The Morgan fingerprint density at radius 1 is 1.31 bits per heavy atom. The van der Waals surface area contributed by atoms with E-state index >= 15 is 0 Å². The third-order valence-electron chi connectivity index (χ3n) is 4.37. The number of aliphatic hydroxyl groups excluding tert-OH is 1. The molecule has 0 unspecified atom stereocenters. The number of carbonyl (C=O) groups excluding carboxylic acids is 1. The van der Waals surface area contributed by atoms with Crippen LogP contribution in [-0.4, -0.2) is 35.1 Å². The van der Waals surface area contributed by atoms with Crippen LogP contribution in [-0.2, 0) is 17.5 Å². The van der Waals surface area contributed by atoms with E-state index < -0.39 is 23.9 Å². The summed E-state index contributed by atoms with van der Waals surface area (Å²) in [6.45, 7) is 0.706. The van der Waals surface area contributed by atoms with Crippen molar-refractivity contribution in [2.24, 2.45) is 0 Å². The molecule has 0 bridgehead atoms. The third-order valence-corrected chi connectivity index (χ3v) is 5.24. The zero-order valence-corrected chi connectivity index (χ0v) is 14.7. The van der Waals surface area contributed by atoms with E-state index in [1.54, 1.807) is 11.0 Å². The fraction of sp³-hybridized carbons (Fsp3) is 0.389. The van der Waals surface area contributed by atoms with Gasteiger partial charge in [-0.05, 0) is 35.6 Å². The number of thiophene rings is 1. The smallest absolute Gasteiger partial charge is 0.392 e. The van der Waals surface area contributed by atoms with Crippen LogP contribution >= 0.6 is 11.3 Å². The first kappa shape index (κ1) is 18.9. The summed E-state index contributed by atoms with van der Waals surface area (Å²) < 4.78 is 38.8. The van der Waals surface area contributed by atoms with Gasteiger partial charge in [-0.3, -0.25) is 9.69 Å². The maximum atomic E-state index is 12.9. The molecule has 1 aliphatic rings. The van der Waals surface area contributed by atoms with Gasteiger partial charge in [0.15, 0.2) is 0 Å². The fourth-order valence-corrected chi connectivity index (χ4v) is 3.81. The lowest BCUT2D eigenvalue weighted by atomic mass is 10.0. The largest absolute Gasteiger partial charge is 0.416 e. The molecule has 2 heterocycles. The summed E-state index contributed by atoms with van der Waals surface area (Å²) in [7, 11) is 0. The molecule has 2 aromatic rings. The van der Waals surface area contributed by atoms with Crippen molar-refractivity contribution >= 4 is 17.2 Å². The fourth-order valence-electron chi connectivity index (χ4n) is 3.16. The standard InChI is InChI=1S/C18H19F3N2O2S/c19-18(20,21)13-4-1-3-12(7-13)16-8-14(24)10-23(16)11-17(25)22-9-15-5-2-6-26-15/h1-7,14,16,24H,8-11H2,(H,22,25)/t14-,16+/m1/s1. The van der Waals surface area contributed by atoms with Gasteiger partial charge in [0.25, 0.3) is 0 Å². The van der Waals surface area contributed by atoms with E-state index in [0.717, 1.165) is 17.0 Å². The van der Waals surface area contributed by atoms with Gasteiger partial charge in [-0.25, -0.2) is 0 Å². The van der Waals surface area contributed by atoms with Gasteiger partial charge in [-0.15, -0.1) is 11.3 Å². The van der Waals surface area contributed by atoms with Crippen LogP contribution in [0.3, 0.4) is 0 Å².